The molecule has 2 aromatic heterocycles. The van der Waals surface area contributed by atoms with E-state index in [0.717, 1.165) is 15.6 Å². The third kappa shape index (κ3) is 1.04. The predicted octanol–water partition coefficient (Wildman–Crippen LogP) is 0.103. The maximum absolute atomic E-state index is 11.8. The van der Waals surface area contributed by atoms with E-state index in [1.54, 1.807) is 18.5 Å². The van der Waals surface area contributed by atoms with Crippen molar-refractivity contribution in [2.45, 2.75) is 0 Å². The highest BCUT2D eigenvalue weighted by Gasteiger charge is 2.06. The summed E-state index contributed by atoms with van der Waals surface area (Å²) in [6, 6.07) is 3.37. The maximum atomic E-state index is 11.8. The van der Waals surface area contributed by atoms with Crippen molar-refractivity contribution < 1.29 is 0 Å². The summed E-state index contributed by atoms with van der Waals surface area (Å²) in [5.74, 6) is 0. The molecule has 0 aliphatic carbocycles. The van der Waals surface area contributed by atoms with Gasteiger partial charge in [0.2, 0.25) is 0 Å². The molecule has 6 heteroatoms. The van der Waals surface area contributed by atoms with Gasteiger partial charge in [-0.15, -0.1) is 0 Å². The smallest absolute Gasteiger partial charge is 0.328 e. The number of fused-ring (bicyclic) bond motifs is 2. The van der Waals surface area contributed by atoms with Crippen molar-refractivity contribution in [3.8, 4) is 0 Å². The van der Waals surface area contributed by atoms with Crippen LogP contribution in [0.15, 0.2) is 28.0 Å². The zero-order chi connectivity index (χ0) is 11.3. The Balaban J connectivity index is 2.65. The van der Waals surface area contributed by atoms with Crippen LogP contribution in [0.2, 0.25) is 0 Å². The summed E-state index contributed by atoms with van der Waals surface area (Å²) in [5, 5.41) is 0.471. The molecule has 2 N–H and O–H groups in total. The Bertz CT molecular complexity index is 809. The van der Waals surface area contributed by atoms with Gasteiger partial charge in [0.05, 0.1) is 28.3 Å². The fourth-order valence-corrected chi connectivity index (χ4v) is 1.73. The lowest BCUT2D eigenvalue weighted by molar-refractivity contribution is 0.794. The lowest BCUT2D eigenvalue weighted by atomic mass is 10.2. The second kappa shape index (κ2) is 2.82. The third-order valence-electron chi connectivity index (χ3n) is 2.64. The number of aromatic nitrogens is 4. The van der Waals surface area contributed by atoms with Gasteiger partial charge in [0, 0.05) is 7.05 Å². The summed E-state index contributed by atoms with van der Waals surface area (Å²) in [7, 11) is 1.44. The van der Waals surface area contributed by atoms with Crippen molar-refractivity contribution >= 4 is 21.9 Å². The van der Waals surface area contributed by atoms with Crippen molar-refractivity contribution in [1.82, 2.24) is 19.5 Å². The van der Waals surface area contributed by atoms with Gasteiger partial charge in [0.1, 0.15) is 0 Å². The van der Waals surface area contributed by atoms with Gasteiger partial charge in [-0.05, 0) is 12.1 Å². The molecule has 0 atom stereocenters. The fraction of sp³-hybridized carbons (Fsp3) is 0.100. The third-order valence-corrected chi connectivity index (χ3v) is 2.64. The molecule has 0 aliphatic rings. The molecule has 1 aromatic carbocycles. The number of nitrogens with zero attached hydrogens (tertiary/aromatic N) is 2. The largest absolute Gasteiger partial charge is 0.345 e. The van der Waals surface area contributed by atoms with Crippen LogP contribution in [0.5, 0.6) is 0 Å². The molecule has 3 aromatic rings. The summed E-state index contributed by atoms with van der Waals surface area (Å²) >= 11 is 0. The molecule has 80 valence electrons. The molecular formula is C10H8N4O2. The maximum Gasteiger partial charge on any atom is 0.328 e. The van der Waals surface area contributed by atoms with Crippen LogP contribution < -0.4 is 11.2 Å². The normalized spacial score (nSPS) is 11.3. The summed E-state index contributed by atoms with van der Waals surface area (Å²) in [6.45, 7) is 0. The summed E-state index contributed by atoms with van der Waals surface area (Å²) in [4.78, 5) is 32.9. The van der Waals surface area contributed by atoms with E-state index in [1.165, 1.54) is 7.05 Å². The molecule has 16 heavy (non-hydrogen) atoms. The van der Waals surface area contributed by atoms with Crippen LogP contribution in [0.4, 0.5) is 0 Å². The average molecular weight is 216 g/mol. The first-order valence-corrected chi connectivity index (χ1v) is 4.73. The number of benzene rings is 1. The first kappa shape index (κ1) is 8.90. The summed E-state index contributed by atoms with van der Waals surface area (Å²) in [6.07, 6.45) is 1.55. The zero-order valence-corrected chi connectivity index (χ0v) is 8.44. The van der Waals surface area contributed by atoms with Gasteiger partial charge < -0.3 is 9.97 Å². The number of hydrogen-bond donors (Lipinski definition) is 2. The quantitative estimate of drug-likeness (QED) is 0.559. The van der Waals surface area contributed by atoms with Crippen LogP contribution in [0.1, 0.15) is 0 Å². The molecule has 0 bridgehead atoms. The molecule has 0 saturated heterocycles. The SMILES string of the molecule is Cn1c(=O)[nH]c2cc3nc[nH]c3cc2c1=O. The molecule has 0 amide bonds. The molecule has 0 radical (unpaired) electrons. The Hall–Kier alpha value is -2.37. The first-order valence-electron chi connectivity index (χ1n) is 4.73. The van der Waals surface area contributed by atoms with E-state index >= 15 is 0 Å². The van der Waals surface area contributed by atoms with Gasteiger partial charge in [-0.25, -0.2) is 9.78 Å². The Labute approximate surface area is 88.6 Å². The van der Waals surface area contributed by atoms with Crippen LogP contribution in [-0.4, -0.2) is 19.5 Å². The Kier molecular flexibility index (Phi) is 1.57. The van der Waals surface area contributed by atoms with Crippen molar-refractivity contribution in [3.05, 3.63) is 39.3 Å². The van der Waals surface area contributed by atoms with Crippen LogP contribution in [0.25, 0.3) is 21.9 Å². The van der Waals surface area contributed by atoms with Crippen LogP contribution in [0.3, 0.4) is 0 Å². The predicted molar refractivity (Wildman–Crippen MR) is 59.5 cm³/mol. The Morgan fingerprint density at radius 3 is 2.88 bits per heavy atom. The fourth-order valence-electron chi connectivity index (χ4n) is 1.73. The van der Waals surface area contributed by atoms with Crippen molar-refractivity contribution in [3.63, 3.8) is 0 Å². The van der Waals surface area contributed by atoms with Gasteiger partial charge in [-0.3, -0.25) is 9.36 Å². The van der Waals surface area contributed by atoms with E-state index in [4.69, 9.17) is 0 Å². The second-order valence-corrected chi connectivity index (χ2v) is 3.61. The first-order chi connectivity index (χ1) is 7.66. The number of nitrogens with one attached hydrogen (secondary N) is 2. The molecular weight excluding hydrogens is 208 g/mol. The number of aromatic amines is 2. The molecule has 0 saturated carbocycles. The molecule has 3 rings (SSSR count). The minimum absolute atomic E-state index is 0.310. The number of hydrogen-bond acceptors (Lipinski definition) is 3. The van der Waals surface area contributed by atoms with Gasteiger partial charge in [0.15, 0.2) is 0 Å². The lowest BCUT2D eigenvalue weighted by Gasteiger charge is -2.00. The van der Waals surface area contributed by atoms with Crippen molar-refractivity contribution in [1.29, 1.82) is 0 Å². The van der Waals surface area contributed by atoms with Crippen LogP contribution in [0, 0.1) is 0 Å². The lowest BCUT2D eigenvalue weighted by Crippen LogP contribution is -2.32. The zero-order valence-electron chi connectivity index (χ0n) is 8.44. The summed E-state index contributed by atoms with van der Waals surface area (Å²) in [5.41, 5.74) is 1.27. The van der Waals surface area contributed by atoms with Crippen LogP contribution in [-0.2, 0) is 7.05 Å². The molecule has 0 aliphatic heterocycles. The van der Waals surface area contributed by atoms with E-state index in [1.807, 2.05) is 0 Å². The van der Waals surface area contributed by atoms with Crippen LogP contribution >= 0.6 is 0 Å². The average Bonchev–Trinajstić information content (AvgIpc) is 2.71. The van der Waals surface area contributed by atoms with E-state index in [0.29, 0.717) is 10.9 Å². The van der Waals surface area contributed by atoms with Crippen molar-refractivity contribution in [2.75, 3.05) is 0 Å². The van der Waals surface area contributed by atoms with E-state index in [-0.39, 0.29) is 5.56 Å². The Morgan fingerprint density at radius 2 is 2.06 bits per heavy atom. The van der Waals surface area contributed by atoms with E-state index < -0.39 is 5.69 Å². The highest BCUT2D eigenvalue weighted by Crippen LogP contribution is 2.14. The second-order valence-electron chi connectivity index (χ2n) is 3.61. The highest BCUT2D eigenvalue weighted by atomic mass is 16.2. The number of imidazole rings is 1. The monoisotopic (exact) mass is 216 g/mol. The minimum Gasteiger partial charge on any atom is -0.345 e. The summed E-state index contributed by atoms with van der Waals surface area (Å²) < 4.78 is 1.05. The minimum atomic E-state index is -0.424. The topological polar surface area (TPSA) is 83.5 Å². The van der Waals surface area contributed by atoms with Gasteiger partial charge in [-0.1, -0.05) is 0 Å². The highest BCUT2D eigenvalue weighted by molar-refractivity contribution is 5.92. The van der Waals surface area contributed by atoms with Gasteiger partial charge in [-0.2, -0.15) is 0 Å². The number of rotatable bonds is 0. The molecule has 2 heterocycles. The van der Waals surface area contributed by atoms with Gasteiger partial charge in [0.25, 0.3) is 5.56 Å². The number of H-pyrrole nitrogens is 2. The molecule has 0 unspecified atom stereocenters. The van der Waals surface area contributed by atoms with E-state index in [2.05, 4.69) is 15.0 Å². The standard InChI is InChI=1S/C10H8N4O2/c1-14-9(15)5-2-7-8(12-4-11-7)3-6(5)13-10(14)16/h2-4H,1H3,(H,11,12)(H,13,16). The Morgan fingerprint density at radius 1 is 1.25 bits per heavy atom. The molecule has 6 nitrogen and oxygen atoms in total. The van der Waals surface area contributed by atoms with Crippen molar-refractivity contribution in [2.24, 2.45) is 7.05 Å². The van der Waals surface area contributed by atoms with E-state index in [9.17, 15) is 9.59 Å². The molecule has 0 fully saturated rings. The molecule has 0 spiro atoms. The van der Waals surface area contributed by atoms with Gasteiger partial charge >= 0.3 is 5.69 Å².